The average molecular weight is 218 g/mol. The number of carboxylic acids is 1. The van der Waals surface area contributed by atoms with E-state index in [-0.39, 0.29) is 5.56 Å². The maximum Gasteiger partial charge on any atom is 0.336 e. The van der Waals surface area contributed by atoms with Gasteiger partial charge in [0.2, 0.25) is 0 Å². The highest BCUT2D eigenvalue weighted by Crippen LogP contribution is 2.40. The van der Waals surface area contributed by atoms with E-state index in [1.165, 1.54) is 6.20 Å². The second-order valence-electron chi connectivity index (χ2n) is 4.00. The molecule has 3 rings (SSSR count). The van der Waals surface area contributed by atoms with E-state index in [0.29, 0.717) is 17.0 Å². The van der Waals surface area contributed by atoms with E-state index in [1.54, 1.807) is 6.07 Å². The summed E-state index contributed by atoms with van der Waals surface area (Å²) in [6, 6.07) is 1.63. The number of rotatable bonds is 2. The molecular formula is C10H10N4O2. The molecule has 16 heavy (non-hydrogen) atoms. The van der Waals surface area contributed by atoms with Crippen LogP contribution in [-0.4, -0.2) is 25.9 Å². The number of nitrogens with zero attached hydrogens (tertiary/aromatic N) is 3. The van der Waals surface area contributed by atoms with E-state index in [1.807, 2.05) is 0 Å². The molecule has 0 saturated heterocycles. The van der Waals surface area contributed by atoms with Crippen LogP contribution in [0.2, 0.25) is 0 Å². The summed E-state index contributed by atoms with van der Waals surface area (Å²) in [5, 5.41) is 13.4. The van der Waals surface area contributed by atoms with Gasteiger partial charge >= 0.3 is 5.97 Å². The van der Waals surface area contributed by atoms with Gasteiger partial charge in [-0.1, -0.05) is 0 Å². The van der Waals surface area contributed by atoms with Crippen molar-refractivity contribution in [1.82, 2.24) is 14.9 Å². The minimum atomic E-state index is -0.970. The van der Waals surface area contributed by atoms with Crippen LogP contribution < -0.4 is 5.84 Å². The van der Waals surface area contributed by atoms with Gasteiger partial charge in [-0.25, -0.2) is 9.78 Å². The Morgan fingerprint density at radius 3 is 2.94 bits per heavy atom. The van der Waals surface area contributed by atoms with Crippen molar-refractivity contribution in [3.05, 3.63) is 23.5 Å². The van der Waals surface area contributed by atoms with Crippen LogP contribution >= 0.6 is 0 Å². The highest BCUT2D eigenvalue weighted by Gasteiger charge is 2.27. The Morgan fingerprint density at radius 1 is 1.56 bits per heavy atom. The number of aromatic carboxylic acids is 1. The van der Waals surface area contributed by atoms with E-state index in [2.05, 4.69) is 10.1 Å². The van der Waals surface area contributed by atoms with Crippen molar-refractivity contribution in [2.24, 2.45) is 0 Å². The van der Waals surface area contributed by atoms with Gasteiger partial charge < -0.3 is 10.9 Å². The van der Waals surface area contributed by atoms with Crippen molar-refractivity contribution in [3.63, 3.8) is 0 Å². The van der Waals surface area contributed by atoms with Crippen molar-refractivity contribution in [2.45, 2.75) is 18.8 Å². The Balaban J connectivity index is 2.32. The highest BCUT2D eigenvalue weighted by molar-refractivity contribution is 6.01. The Bertz CT molecular complexity index is 586. The summed E-state index contributed by atoms with van der Waals surface area (Å²) < 4.78 is 0. The third kappa shape index (κ3) is 1.23. The molecular weight excluding hydrogens is 208 g/mol. The van der Waals surface area contributed by atoms with Crippen molar-refractivity contribution in [1.29, 1.82) is 0 Å². The van der Waals surface area contributed by atoms with Gasteiger partial charge in [-0.05, 0) is 18.9 Å². The van der Waals surface area contributed by atoms with Crippen molar-refractivity contribution in [3.8, 4) is 0 Å². The Morgan fingerprint density at radius 2 is 2.31 bits per heavy atom. The number of hydrogen-bond acceptors (Lipinski definition) is 4. The summed E-state index contributed by atoms with van der Waals surface area (Å²) in [6.07, 6.45) is 3.56. The van der Waals surface area contributed by atoms with Gasteiger partial charge in [-0.2, -0.15) is 9.89 Å². The first-order valence-electron chi connectivity index (χ1n) is 5.04. The third-order valence-electron chi connectivity index (χ3n) is 2.81. The number of fused-ring (bicyclic) bond motifs is 1. The molecule has 3 N–H and O–H groups in total. The van der Waals surface area contributed by atoms with Gasteiger partial charge in [-0.15, -0.1) is 0 Å². The first kappa shape index (κ1) is 9.14. The van der Waals surface area contributed by atoms with Crippen molar-refractivity contribution < 1.29 is 9.90 Å². The SMILES string of the molecule is Nn1ncc2c(C(=O)O)cc(C3CC3)nc21. The molecule has 0 radical (unpaired) electrons. The Hall–Kier alpha value is -2.11. The van der Waals surface area contributed by atoms with E-state index in [9.17, 15) is 4.79 Å². The summed E-state index contributed by atoms with van der Waals surface area (Å²) in [7, 11) is 0. The molecule has 6 nitrogen and oxygen atoms in total. The van der Waals surface area contributed by atoms with E-state index in [0.717, 1.165) is 23.3 Å². The molecule has 0 aliphatic heterocycles. The quantitative estimate of drug-likeness (QED) is 0.724. The fraction of sp³-hybridized carbons (Fsp3) is 0.300. The zero-order valence-corrected chi connectivity index (χ0v) is 8.42. The molecule has 0 spiro atoms. The monoisotopic (exact) mass is 218 g/mol. The molecule has 1 aliphatic carbocycles. The molecule has 2 aromatic heterocycles. The maximum absolute atomic E-state index is 11.1. The van der Waals surface area contributed by atoms with Gasteiger partial charge in [0.15, 0.2) is 5.65 Å². The summed E-state index contributed by atoms with van der Waals surface area (Å²) in [6.45, 7) is 0. The molecule has 2 aromatic rings. The Labute approximate surface area is 90.7 Å². The fourth-order valence-electron chi connectivity index (χ4n) is 1.80. The molecule has 0 aromatic carbocycles. The molecule has 2 heterocycles. The smallest absolute Gasteiger partial charge is 0.336 e. The maximum atomic E-state index is 11.1. The summed E-state index contributed by atoms with van der Waals surface area (Å²) in [5.74, 6) is 5.00. The van der Waals surface area contributed by atoms with Crippen LogP contribution in [0.25, 0.3) is 11.0 Å². The van der Waals surface area contributed by atoms with Gasteiger partial charge in [0.05, 0.1) is 17.1 Å². The lowest BCUT2D eigenvalue weighted by Gasteiger charge is -2.02. The molecule has 0 unspecified atom stereocenters. The predicted octanol–water partition coefficient (Wildman–Crippen LogP) is 0.721. The molecule has 0 atom stereocenters. The molecule has 1 saturated carbocycles. The molecule has 82 valence electrons. The lowest BCUT2D eigenvalue weighted by molar-refractivity contribution is 0.0699. The van der Waals surface area contributed by atoms with E-state index < -0.39 is 5.97 Å². The number of hydrogen-bond donors (Lipinski definition) is 2. The molecule has 1 aliphatic rings. The van der Waals surface area contributed by atoms with E-state index >= 15 is 0 Å². The van der Waals surface area contributed by atoms with Crippen molar-refractivity contribution in [2.75, 3.05) is 5.84 Å². The molecule has 1 fully saturated rings. The average Bonchev–Trinajstić information content (AvgIpc) is 3.03. The number of carbonyl (C=O) groups is 1. The number of nitrogens with two attached hydrogens (primary N) is 1. The number of nitrogen functional groups attached to an aromatic ring is 1. The Kier molecular flexibility index (Phi) is 1.68. The lowest BCUT2D eigenvalue weighted by atomic mass is 10.1. The van der Waals surface area contributed by atoms with Crippen molar-refractivity contribution >= 4 is 17.0 Å². The van der Waals surface area contributed by atoms with Gasteiger partial charge in [0.1, 0.15) is 0 Å². The third-order valence-corrected chi connectivity index (χ3v) is 2.81. The standard InChI is InChI=1S/C10H10N4O2/c11-14-9-7(4-12-14)6(10(15)16)3-8(13-9)5-1-2-5/h3-5H,1-2,11H2,(H,15,16). The van der Waals surface area contributed by atoms with Crippen LogP contribution in [0.1, 0.15) is 34.8 Å². The molecule has 6 heteroatoms. The second kappa shape index (κ2) is 2.94. The van der Waals surface area contributed by atoms with Crippen LogP contribution in [0.4, 0.5) is 0 Å². The van der Waals surface area contributed by atoms with Crippen LogP contribution in [-0.2, 0) is 0 Å². The number of aromatic nitrogens is 3. The van der Waals surface area contributed by atoms with Crippen LogP contribution in [0.3, 0.4) is 0 Å². The minimum absolute atomic E-state index is 0.226. The topological polar surface area (TPSA) is 94.0 Å². The zero-order valence-electron chi connectivity index (χ0n) is 8.42. The van der Waals surface area contributed by atoms with E-state index in [4.69, 9.17) is 10.9 Å². The minimum Gasteiger partial charge on any atom is -0.478 e. The van der Waals surface area contributed by atoms with Gasteiger partial charge in [-0.3, -0.25) is 0 Å². The normalized spacial score (nSPS) is 15.5. The van der Waals surface area contributed by atoms with Gasteiger partial charge in [0.25, 0.3) is 0 Å². The first-order valence-corrected chi connectivity index (χ1v) is 5.04. The number of carboxylic acid groups (broad SMARTS) is 1. The highest BCUT2D eigenvalue weighted by atomic mass is 16.4. The summed E-state index contributed by atoms with van der Waals surface area (Å²) in [5.41, 5.74) is 1.46. The lowest BCUT2D eigenvalue weighted by Crippen LogP contribution is -2.11. The molecule has 0 bridgehead atoms. The van der Waals surface area contributed by atoms with Crippen LogP contribution in [0.15, 0.2) is 12.3 Å². The fourth-order valence-corrected chi connectivity index (χ4v) is 1.80. The number of pyridine rings is 1. The second-order valence-corrected chi connectivity index (χ2v) is 4.00. The predicted molar refractivity (Wildman–Crippen MR) is 56.6 cm³/mol. The van der Waals surface area contributed by atoms with Crippen LogP contribution in [0.5, 0.6) is 0 Å². The summed E-state index contributed by atoms with van der Waals surface area (Å²) in [4.78, 5) is 16.6. The molecule has 0 amide bonds. The first-order chi connectivity index (χ1) is 7.66. The summed E-state index contributed by atoms with van der Waals surface area (Å²) >= 11 is 0. The van der Waals surface area contributed by atoms with Crippen LogP contribution in [0, 0.1) is 0 Å². The zero-order chi connectivity index (χ0) is 11.3. The van der Waals surface area contributed by atoms with Gasteiger partial charge in [0, 0.05) is 11.6 Å². The largest absolute Gasteiger partial charge is 0.478 e.